The van der Waals surface area contributed by atoms with E-state index in [2.05, 4.69) is 0 Å². The zero-order chi connectivity index (χ0) is 12.7. The summed E-state index contributed by atoms with van der Waals surface area (Å²) in [7, 11) is 0. The SMILES string of the molecule is CCOC(CN)CCN1CCOCC1C(N)=O. The Balaban J connectivity index is 2.39. The fourth-order valence-corrected chi connectivity index (χ4v) is 1.98. The summed E-state index contributed by atoms with van der Waals surface area (Å²) < 4.78 is 10.7. The van der Waals surface area contributed by atoms with Crippen LogP contribution in [0.4, 0.5) is 0 Å². The molecule has 100 valence electrons. The summed E-state index contributed by atoms with van der Waals surface area (Å²) in [6.07, 6.45) is 0.866. The van der Waals surface area contributed by atoms with Gasteiger partial charge in [0.25, 0.3) is 0 Å². The number of hydrogen-bond acceptors (Lipinski definition) is 5. The van der Waals surface area contributed by atoms with Gasteiger partial charge >= 0.3 is 0 Å². The molecule has 2 atom stereocenters. The summed E-state index contributed by atoms with van der Waals surface area (Å²) in [6, 6.07) is -0.316. The molecule has 1 aliphatic heterocycles. The average molecular weight is 245 g/mol. The molecule has 0 bridgehead atoms. The van der Waals surface area contributed by atoms with Crippen LogP contribution in [0.25, 0.3) is 0 Å². The Morgan fingerprint density at radius 3 is 3.00 bits per heavy atom. The maximum atomic E-state index is 11.2. The highest BCUT2D eigenvalue weighted by atomic mass is 16.5. The number of amides is 1. The highest BCUT2D eigenvalue weighted by molar-refractivity contribution is 5.80. The van der Waals surface area contributed by atoms with E-state index in [-0.39, 0.29) is 18.1 Å². The smallest absolute Gasteiger partial charge is 0.237 e. The van der Waals surface area contributed by atoms with Gasteiger partial charge in [-0.2, -0.15) is 0 Å². The van der Waals surface area contributed by atoms with Gasteiger partial charge in [-0.25, -0.2) is 0 Å². The van der Waals surface area contributed by atoms with Gasteiger partial charge in [-0.05, 0) is 13.3 Å². The van der Waals surface area contributed by atoms with Crippen LogP contribution in [0.2, 0.25) is 0 Å². The zero-order valence-electron chi connectivity index (χ0n) is 10.4. The number of hydrogen-bond donors (Lipinski definition) is 2. The molecule has 1 heterocycles. The first-order chi connectivity index (χ1) is 8.19. The number of ether oxygens (including phenoxy) is 2. The lowest BCUT2D eigenvalue weighted by Crippen LogP contribution is -2.53. The van der Waals surface area contributed by atoms with Crippen molar-refractivity contribution < 1.29 is 14.3 Å². The van der Waals surface area contributed by atoms with Crippen molar-refractivity contribution in [3.8, 4) is 0 Å². The van der Waals surface area contributed by atoms with Crippen LogP contribution >= 0.6 is 0 Å². The highest BCUT2D eigenvalue weighted by Gasteiger charge is 2.27. The molecule has 1 fully saturated rings. The minimum atomic E-state index is -0.328. The summed E-state index contributed by atoms with van der Waals surface area (Å²) in [5.41, 5.74) is 10.9. The maximum absolute atomic E-state index is 11.2. The fraction of sp³-hybridized carbons (Fsp3) is 0.909. The molecule has 0 radical (unpaired) electrons. The quantitative estimate of drug-likeness (QED) is 0.596. The minimum absolute atomic E-state index is 0.0522. The van der Waals surface area contributed by atoms with E-state index in [4.69, 9.17) is 20.9 Å². The molecule has 1 saturated heterocycles. The Bertz CT molecular complexity index is 238. The predicted octanol–water partition coefficient (Wildman–Crippen LogP) is -1.07. The Morgan fingerprint density at radius 2 is 2.41 bits per heavy atom. The number of nitrogens with two attached hydrogens (primary N) is 2. The second kappa shape index (κ2) is 7.60. The Hall–Kier alpha value is -0.690. The van der Waals surface area contributed by atoms with E-state index in [0.29, 0.717) is 26.4 Å². The molecule has 17 heavy (non-hydrogen) atoms. The van der Waals surface area contributed by atoms with Crippen LogP contribution in [0.5, 0.6) is 0 Å². The number of rotatable bonds is 7. The van der Waals surface area contributed by atoms with Crippen LogP contribution in [-0.2, 0) is 14.3 Å². The minimum Gasteiger partial charge on any atom is -0.378 e. The Morgan fingerprint density at radius 1 is 1.65 bits per heavy atom. The van der Waals surface area contributed by atoms with Gasteiger partial charge in [0.05, 0.1) is 19.3 Å². The molecule has 0 aromatic rings. The number of carbonyl (C=O) groups excluding carboxylic acids is 1. The molecule has 1 amide bonds. The second-order valence-electron chi connectivity index (χ2n) is 4.13. The topological polar surface area (TPSA) is 90.8 Å². The average Bonchev–Trinajstić information content (AvgIpc) is 2.34. The first kappa shape index (κ1) is 14.4. The number of morpholine rings is 1. The van der Waals surface area contributed by atoms with E-state index < -0.39 is 0 Å². The van der Waals surface area contributed by atoms with Gasteiger partial charge in [-0.3, -0.25) is 9.69 Å². The summed E-state index contributed by atoms with van der Waals surface area (Å²) in [5, 5.41) is 0. The summed E-state index contributed by atoms with van der Waals surface area (Å²) in [4.78, 5) is 13.3. The van der Waals surface area contributed by atoms with E-state index >= 15 is 0 Å². The van der Waals surface area contributed by atoms with Crippen molar-refractivity contribution >= 4 is 5.91 Å². The van der Waals surface area contributed by atoms with Crippen molar-refractivity contribution in [2.45, 2.75) is 25.5 Å². The van der Waals surface area contributed by atoms with Crippen molar-refractivity contribution in [1.82, 2.24) is 4.90 Å². The van der Waals surface area contributed by atoms with E-state index in [0.717, 1.165) is 19.5 Å². The van der Waals surface area contributed by atoms with Crippen LogP contribution in [0.15, 0.2) is 0 Å². The third-order valence-corrected chi connectivity index (χ3v) is 2.97. The molecule has 0 aromatic carbocycles. The van der Waals surface area contributed by atoms with Gasteiger partial charge in [0, 0.05) is 26.2 Å². The highest BCUT2D eigenvalue weighted by Crippen LogP contribution is 2.09. The molecule has 0 saturated carbocycles. The van der Waals surface area contributed by atoms with Crippen LogP contribution in [0.1, 0.15) is 13.3 Å². The van der Waals surface area contributed by atoms with Crippen LogP contribution in [0, 0.1) is 0 Å². The molecule has 6 heteroatoms. The van der Waals surface area contributed by atoms with Crippen LogP contribution in [-0.4, -0.2) is 62.4 Å². The molecule has 6 nitrogen and oxygen atoms in total. The van der Waals surface area contributed by atoms with Gasteiger partial charge in [0.15, 0.2) is 0 Å². The van der Waals surface area contributed by atoms with Gasteiger partial charge in [-0.1, -0.05) is 0 Å². The lowest BCUT2D eigenvalue weighted by Gasteiger charge is -2.34. The van der Waals surface area contributed by atoms with Crippen molar-refractivity contribution in [2.24, 2.45) is 11.5 Å². The predicted molar refractivity (Wildman–Crippen MR) is 64.5 cm³/mol. The molecule has 2 unspecified atom stereocenters. The summed E-state index contributed by atoms with van der Waals surface area (Å²) >= 11 is 0. The summed E-state index contributed by atoms with van der Waals surface area (Å²) in [6.45, 7) is 5.63. The first-order valence-electron chi connectivity index (χ1n) is 6.11. The molecule has 4 N–H and O–H groups in total. The van der Waals surface area contributed by atoms with Crippen molar-refractivity contribution in [1.29, 1.82) is 0 Å². The Kier molecular flexibility index (Phi) is 6.43. The van der Waals surface area contributed by atoms with Crippen molar-refractivity contribution in [3.63, 3.8) is 0 Å². The standard InChI is InChI=1S/C11H23N3O3/c1-2-17-9(7-12)3-4-14-5-6-16-8-10(14)11(13)15/h9-10H,2-8,12H2,1H3,(H2,13,15). The van der Waals surface area contributed by atoms with Crippen LogP contribution < -0.4 is 11.5 Å². The monoisotopic (exact) mass is 245 g/mol. The molecule has 1 aliphatic rings. The number of nitrogens with zero attached hydrogens (tertiary/aromatic N) is 1. The van der Waals surface area contributed by atoms with Gasteiger partial charge in [0.1, 0.15) is 6.04 Å². The van der Waals surface area contributed by atoms with E-state index in [1.165, 1.54) is 0 Å². The largest absolute Gasteiger partial charge is 0.378 e. The second-order valence-corrected chi connectivity index (χ2v) is 4.13. The molecule has 0 aromatic heterocycles. The van der Waals surface area contributed by atoms with E-state index in [9.17, 15) is 4.79 Å². The van der Waals surface area contributed by atoms with Crippen molar-refractivity contribution in [3.05, 3.63) is 0 Å². The van der Waals surface area contributed by atoms with Crippen molar-refractivity contribution in [2.75, 3.05) is 39.5 Å². The third kappa shape index (κ3) is 4.59. The number of carbonyl (C=O) groups is 1. The lowest BCUT2D eigenvalue weighted by molar-refractivity contribution is -0.129. The van der Waals surface area contributed by atoms with Gasteiger partial charge in [0.2, 0.25) is 5.91 Å². The van der Waals surface area contributed by atoms with Gasteiger partial charge in [-0.15, -0.1) is 0 Å². The van der Waals surface area contributed by atoms with Crippen LogP contribution in [0.3, 0.4) is 0 Å². The molecule has 0 aliphatic carbocycles. The molecule has 0 spiro atoms. The fourth-order valence-electron chi connectivity index (χ4n) is 1.98. The summed E-state index contributed by atoms with van der Waals surface area (Å²) in [5.74, 6) is -0.328. The molecular formula is C11H23N3O3. The Labute approximate surface area is 102 Å². The first-order valence-corrected chi connectivity index (χ1v) is 6.11. The van der Waals surface area contributed by atoms with E-state index in [1.54, 1.807) is 0 Å². The maximum Gasteiger partial charge on any atom is 0.237 e. The molecule has 1 rings (SSSR count). The normalized spacial score (nSPS) is 23.5. The molecular weight excluding hydrogens is 222 g/mol. The zero-order valence-corrected chi connectivity index (χ0v) is 10.4. The number of primary amides is 1. The van der Waals surface area contributed by atoms with Gasteiger partial charge < -0.3 is 20.9 Å². The third-order valence-electron chi connectivity index (χ3n) is 2.97. The van der Waals surface area contributed by atoms with E-state index in [1.807, 2.05) is 11.8 Å². The lowest BCUT2D eigenvalue weighted by atomic mass is 10.1.